The van der Waals surface area contributed by atoms with E-state index in [1.807, 2.05) is 0 Å². The Labute approximate surface area is 102 Å². The molecule has 0 aliphatic rings. The molecule has 0 radical (unpaired) electrons. The number of aromatic carboxylic acids is 1. The molecule has 0 amide bonds. The van der Waals surface area contributed by atoms with Crippen molar-refractivity contribution in [3.63, 3.8) is 0 Å². The molecule has 2 N–H and O–H groups in total. The van der Waals surface area contributed by atoms with E-state index in [1.165, 1.54) is 12.1 Å². The van der Waals surface area contributed by atoms with Crippen LogP contribution in [0.3, 0.4) is 0 Å². The summed E-state index contributed by atoms with van der Waals surface area (Å²) < 4.78 is 13.9. The number of pyridine rings is 1. The van der Waals surface area contributed by atoms with Crippen LogP contribution in [0.4, 0.5) is 4.39 Å². The standard InChI is InChI=1S/C12H8FNO2S/c13-9-4-7(3-8(5-9)12(15)16)11-6-10(17)1-2-14-11/h1-6H,(H,14,17)(H,15,16). The molecule has 1 heterocycles. The molecule has 0 unspecified atom stereocenters. The van der Waals surface area contributed by atoms with Crippen molar-refractivity contribution in [2.75, 3.05) is 0 Å². The largest absolute Gasteiger partial charge is 0.478 e. The summed E-state index contributed by atoms with van der Waals surface area (Å²) in [6.45, 7) is 0. The maximum absolute atomic E-state index is 13.3. The van der Waals surface area contributed by atoms with E-state index in [9.17, 15) is 9.18 Å². The van der Waals surface area contributed by atoms with Gasteiger partial charge in [0.15, 0.2) is 0 Å². The van der Waals surface area contributed by atoms with E-state index in [0.717, 1.165) is 6.07 Å². The van der Waals surface area contributed by atoms with Crippen molar-refractivity contribution in [3.05, 3.63) is 52.4 Å². The molecule has 0 bridgehead atoms. The summed E-state index contributed by atoms with van der Waals surface area (Å²) in [5.74, 6) is -1.76. The molecule has 0 saturated heterocycles. The zero-order chi connectivity index (χ0) is 12.4. The van der Waals surface area contributed by atoms with Crippen LogP contribution in [0.1, 0.15) is 10.4 Å². The van der Waals surface area contributed by atoms with Gasteiger partial charge in [-0.1, -0.05) is 12.2 Å². The highest BCUT2D eigenvalue weighted by molar-refractivity contribution is 7.71. The fraction of sp³-hybridized carbons (Fsp3) is 0. The molecule has 86 valence electrons. The summed E-state index contributed by atoms with van der Waals surface area (Å²) in [4.78, 5) is 13.7. The minimum atomic E-state index is -1.17. The number of hydrogen-bond donors (Lipinski definition) is 2. The van der Waals surface area contributed by atoms with Gasteiger partial charge in [-0.25, -0.2) is 9.18 Å². The first-order chi connectivity index (χ1) is 8.06. The Bertz CT molecular complexity index is 636. The van der Waals surface area contributed by atoms with Gasteiger partial charge < -0.3 is 10.1 Å². The van der Waals surface area contributed by atoms with Gasteiger partial charge in [0.05, 0.1) is 5.56 Å². The van der Waals surface area contributed by atoms with E-state index in [0.29, 0.717) is 15.8 Å². The number of hydrogen-bond acceptors (Lipinski definition) is 2. The second kappa shape index (κ2) is 4.47. The lowest BCUT2D eigenvalue weighted by molar-refractivity contribution is 0.0696. The third-order valence-electron chi connectivity index (χ3n) is 2.23. The average Bonchev–Trinajstić information content (AvgIpc) is 2.28. The van der Waals surface area contributed by atoms with Gasteiger partial charge in [-0.2, -0.15) is 0 Å². The Morgan fingerprint density at radius 3 is 2.71 bits per heavy atom. The lowest BCUT2D eigenvalue weighted by Crippen LogP contribution is -1.98. The Morgan fingerprint density at radius 1 is 1.29 bits per heavy atom. The van der Waals surface area contributed by atoms with Crippen LogP contribution in [0.5, 0.6) is 0 Å². The van der Waals surface area contributed by atoms with Crippen LogP contribution in [0, 0.1) is 10.3 Å². The summed E-state index contributed by atoms with van der Waals surface area (Å²) in [6, 6.07) is 6.97. The Kier molecular flexibility index (Phi) is 3.01. The highest BCUT2D eigenvalue weighted by Gasteiger charge is 2.08. The molecule has 0 aliphatic carbocycles. The fourth-order valence-corrected chi connectivity index (χ4v) is 1.67. The first-order valence-electron chi connectivity index (χ1n) is 4.79. The van der Waals surface area contributed by atoms with Crippen molar-refractivity contribution >= 4 is 18.2 Å². The SMILES string of the molecule is O=C(O)c1cc(F)cc(-c2cc(=S)cc[nH]2)c1. The number of aromatic nitrogens is 1. The Hall–Kier alpha value is -2.01. The number of nitrogens with one attached hydrogen (secondary N) is 1. The quantitative estimate of drug-likeness (QED) is 0.803. The van der Waals surface area contributed by atoms with Gasteiger partial charge in [-0.05, 0) is 30.3 Å². The van der Waals surface area contributed by atoms with Crippen molar-refractivity contribution < 1.29 is 14.3 Å². The second-order valence-electron chi connectivity index (χ2n) is 3.47. The lowest BCUT2D eigenvalue weighted by atomic mass is 10.1. The normalized spacial score (nSPS) is 10.2. The molecule has 5 heteroatoms. The van der Waals surface area contributed by atoms with Gasteiger partial charge in [0.2, 0.25) is 0 Å². The number of H-pyrrole nitrogens is 1. The van der Waals surface area contributed by atoms with E-state index in [2.05, 4.69) is 4.98 Å². The molecule has 0 saturated carbocycles. The van der Waals surface area contributed by atoms with Crippen molar-refractivity contribution in [1.82, 2.24) is 4.98 Å². The molecule has 0 atom stereocenters. The molecular weight excluding hydrogens is 241 g/mol. The zero-order valence-electron chi connectivity index (χ0n) is 8.61. The summed E-state index contributed by atoms with van der Waals surface area (Å²) in [7, 11) is 0. The van der Waals surface area contributed by atoms with Crippen LogP contribution in [-0.4, -0.2) is 16.1 Å². The minimum absolute atomic E-state index is 0.0943. The third-order valence-corrected chi connectivity index (χ3v) is 2.48. The van der Waals surface area contributed by atoms with Gasteiger partial charge in [-0.3, -0.25) is 0 Å². The number of carboxylic acid groups (broad SMARTS) is 1. The highest BCUT2D eigenvalue weighted by Crippen LogP contribution is 2.20. The summed E-state index contributed by atoms with van der Waals surface area (Å²) in [5.41, 5.74) is 0.941. The molecule has 2 rings (SSSR count). The van der Waals surface area contributed by atoms with Crippen LogP contribution in [0.15, 0.2) is 36.5 Å². The minimum Gasteiger partial charge on any atom is -0.478 e. The molecule has 0 spiro atoms. The van der Waals surface area contributed by atoms with Crippen molar-refractivity contribution in [1.29, 1.82) is 0 Å². The number of carboxylic acids is 1. The molecule has 2 aromatic rings. The Morgan fingerprint density at radius 2 is 2.06 bits per heavy atom. The topological polar surface area (TPSA) is 53.1 Å². The van der Waals surface area contributed by atoms with Gasteiger partial charge in [0.1, 0.15) is 5.82 Å². The fourth-order valence-electron chi connectivity index (χ4n) is 1.48. The predicted octanol–water partition coefficient (Wildman–Crippen LogP) is 3.25. The maximum atomic E-state index is 13.3. The van der Waals surface area contributed by atoms with Gasteiger partial charge in [-0.15, -0.1) is 0 Å². The van der Waals surface area contributed by atoms with Crippen LogP contribution >= 0.6 is 12.2 Å². The first-order valence-corrected chi connectivity index (χ1v) is 5.20. The van der Waals surface area contributed by atoms with E-state index < -0.39 is 11.8 Å². The first kappa shape index (κ1) is 11.5. The van der Waals surface area contributed by atoms with Crippen molar-refractivity contribution in [2.45, 2.75) is 0 Å². The predicted molar refractivity (Wildman–Crippen MR) is 64.0 cm³/mol. The van der Waals surface area contributed by atoms with Crippen LogP contribution in [0.25, 0.3) is 11.3 Å². The molecule has 3 nitrogen and oxygen atoms in total. The van der Waals surface area contributed by atoms with Crippen molar-refractivity contribution in [2.24, 2.45) is 0 Å². The molecule has 0 aliphatic heterocycles. The summed E-state index contributed by atoms with van der Waals surface area (Å²) in [6.07, 6.45) is 1.63. The van der Waals surface area contributed by atoms with Crippen LogP contribution in [-0.2, 0) is 0 Å². The number of benzene rings is 1. The van der Waals surface area contributed by atoms with E-state index in [1.54, 1.807) is 18.3 Å². The van der Waals surface area contributed by atoms with Crippen LogP contribution in [0.2, 0.25) is 0 Å². The summed E-state index contributed by atoms with van der Waals surface area (Å²) >= 11 is 4.99. The summed E-state index contributed by atoms with van der Waals surface area (Å²) in [5, 5.41) is 8.84. The average molecular weight is 249 g/mol. The van der Waals surface area contributed by atoms with Gasteiger partial charge in [0.25, 0.3) is 0 Å². The van der Waals surface area contributed by atoms with E-state index in [-0.39, 0.29) is 5.56 Å². The number of rotatable bonds is 2. The van der Waals surface area contributed by atoms with E-state index in [4.69, 9.17) is 17.3 Å². The van der Waals surface area contributed by atoms with E-state index >= 15 is 0 Å². The molecule has 0 fully saturated rings. The maximum Gasteiger partial charge on any atom is 0.335 e. The zero-order valence-corrected chi connectivity index (χ0v) is 9.42. The highest BCUT2D eigenvalue weighted by atomic mass is 32.1. The molecular formula is C12H8FNO2S. The lowest BCUT2D eigenvalue weighted by Gasteiger charge is -2.03. The molecule has 1 aromatic carbocycles. The number of aromatic amines is 1. The van der Waals surface area contributed by atoms with Gasteiger partial charge in [0, 0.05) is 22.0 Å². The molecule has 17 heavy (non-hydrogen) atoms. The Balaban J connectivity index is 2.59. The molecule has 1 aromatic heterocycles. The second-order valence-corrected chi connectivity index (χ2v) is 3.94. The van der Waals surface area contributed by atoms with Crippen molar-refractivity contribution in [3.8, 4) is 11.3 Å². The van der Waals surface area contributed by atoms with Crippen LogP contribution < -0.4 is 0 Å². The van der Waals surface area contributed by atoms with Gasteiger partial charge >= 0.3 is 5.97 Å². The third kappa shape index (κ3) is 2.57. The number of halogens is 1. The smallest absolute Gasteiger partial charge is 0.335 e. The number of carbonyl (C=O) groups is 1. The monoisotopic (exact) mass is 249 g/mol.